The molecule has 0 atom stereocenters. The predicted octanol–water partition coefficient (Wildman–Crippen LogP) is 5.35. The van der Waals surface area contributed by atoms with Crippen LogP contribution in [0.1, 0.15) is 11.1 Å². The lowest BCUT2D eigenvalue weighted by atomic mass is 10.1. The lowest BCUT2D eigenvalue weighted by molar-refractivity contribution is -0.111. The molecule has 2 N–H and O–H groups in total. The third kappa shape index (κ3) is 5.88. The Hall–Kier alpha value is -4.77. The molecule has 2 aromatic carbocycles. The summed E-state index contributed by atoms with van der Waals surface area (Å²) in [5, 5.41) is 10.1. The Balaban J connectivity index is 1.52. The van der Waals surface area contributed by atoms with Crippen molar-refractivity contribution in [1.82, 2.24) is 24.6 Å². The number of fused-ring (bicyclic) bond motifs is 1. The zero-order chi connectivity index (χ0) is 27.4. The number of aromatic nitrogens is 4. The van der Waals surface area contributed by atoms with E-state index in [4.69, 9.17) is 11.6 Å². The summed E-state index contributed by atoms with van der Waals surface area (Å²) < 4.78 is 14.0. The molecule has 39 heavy (non-hydrogen) atoms. The first-order valence-electron chi connectivity index (χ1n) is 12.0. The molecule has 0 saturated heterocycles. The van der Waals surface area contributed by atoms with E-state index in [0.717, 1.165) is 23.3 Å². The highest BCUT2D eigenvalue weighted by molar-refractivity contribution is 6.32. The minimum atomic E-state index is -0.746. The normalized spacial score (nSPS) is 13.1. The third-order valence-corrected chi connectivity index (χ3v) is 6.13. The van der Waals surface area contributed by atoms with Crippen LogP contribution in [0.4, 0.5) is 38.0 Å². The number of carbonyl (C=O) groups is 2. The molecule has 3 heterocycles. The van der Waals surface area contributed by atoms with E-state index in [-0.39, 0.29) is 17.1 Å². The second-order valence-corrected chi connectivity index (χ2v) is 9.09. The summed E-state index contributed by atoms with van der Waals surface area (Å²) >= 11 is 6.19. The van der Waals surface area contributed by atoms with Gasteiger partial charge in [-0.2, -0.15) is 10.1 Å². The molecule has 5 rings (SSSR count). The SMILES string of the molecule is Cn1cc(Nc2ncc3c(n2)N(c2cccc(NC(=O)/C=C/CF)c2)C(=O)N(Cc2ccccc2)C3)c(Cl)n1. The number of aryl methyl sites for hydroxylation is 1. The van der Waals surface area contributed by atoms with Crippen molar-refractivity contribution < 1.29 is 14.0 Å². The number of urea groups is 1. The number of carbonyl (C=O) groups excluding carboxylic acids is 2. The van der Waals surface area contributed by atoms with Gasteiger partial charge in [-0.3, -0.25) is 9.48 Å². The Morgan fingerprint density at radius 2 is 2.00 bits per heavy atom. The van der Waals surface area contributed by atoms with Gasteiger partial charge in [0.05, 0.1) is 17.9 Å². The van der Waals surface area contributed by atoms with Gasteiger partial charge in [-0.05, 0) is 29.8 Å². The molecule has 0 unspecified atom stereocenters. The van der Waals surface area contributed by atoms with Gasteiger partial charge in [0, 0.05) is 43.3 Å². The van der Waals surface area contributed by atoms with Gasteiger partial charge < -0.3 is 15.5 Å². The number of amides is 3. The van der Waals surface area contributed by atoms with E-state index in [1.54, 1.807) is 53.3 Å². The molecule has 12 heteroatoms. The van der Waals surface area contributed by atoms with Gasteiger partial charge in [-0.15, -0.1) is 0 Å². The Bertz CT molecular complexity index is 1540. The molecule has 1 aliphatic heterocycles. The summed E-state index contributed by atoms with van der Waals surface area (Å²) in [6.07, 6.45) is 5.59. The number of nitrogens with one attached hydrogen (secondary N) is 2. The van der Waals surface area contributed by atoms with Crippen LogP contribution in [0.25, 0.3) is 0 Å². The maximum Gasteiger partial charge on any atom is 0.330 e. The Morgan fingerprint density at radius 1 is 1.18 bits per heavy atom. The summed E-state index contributed by atoms with van der Waals surface area (Å²) in [7, 11) is 1.74. The first kappa shape index (κ1) is 25.9. The number of benzene rings is 2. The minimum Gasteiger partial charge on any atom is -0.322 e. The van der Waals surface area contributed by atoms with Crippen LogP contribution >= 0.6 is 11.6 Å². The molecule has 3 amide bonds. The van der Waals surface area contributed by atoms with Crippen LogP contribution < -0.4 is 15.5 Å². The van der Waals surface area contributed by atoms with Gasteiger partial charge in [0.25, 0.3) is 0 Å². The maximum atomic E-state index is 13.9. The van der Waals surface area contributed by atoms with Crippen LogP contribution in [-0.4, -0.2) is 43.3 Å². The maximum absolute atomic E-state index is 13.9. The topological polar surface area (TPSA) is 108 Å². The van der Waals surface area contributed by atoms with Crippen LogP contribution in [0, 0.1) is 0 Å². The molecular formula is C27H24ClFN8O2. The number of nitrogens with zero attached hydrogens (tertiary/aromatic N) is 6. The van der Waals surface area contributed by atoms with Gasteiger partial charge in [0.15, 0.2) is 11.0 Å². The van der Waals surface area contributed by atoms with Crippen LogP contribution in [0.5, 0.6) is 0 Å². The number of hydrogen-bond donors (Lipinski definition) is 2. The second kappa shape index (κ2) is 11.3. The fourth-order valence-corrected chi connectivity index (χ4v) is 4.37. The summed E-state index contributed by atoms with van der Waals surface area (Å²) in [6, 6.07) is 16.2. The van der Waals surface area contributed by atoms with E-state index < -0.39 is 12.6 Å². The molecule has 1 aliphatic rings. The molecule has 0 bridgehead atoms. The van der Waals surface area contributed by atoms with Crippen molar-refractivity contribution in [3.05, 3.63) is 95.4 Å². The molecule has 0 radical (unpaired) electrons. The van der Waals surface area contributed by atoms with Crippen molar-refractivity contribution >= 4 is 52.4 Å². The van der Waals surface area contributed by atoms with Gasteiger partial charge in [-0.1, -0.05) is 48.0 Å². The standard InChI is InChI=1S/C27H24ClFN8O2/c1-35-17-22(24(28)34-35)32-26-30-14-19-16-36(15-18-7-3-2-4-8-18)27(39)37(25(19)33-26)21-10-5-9-20(13-21)31-23(38)11-6-12-29/h2-11,13-14,17H,12,15-16H2,1H3,(H,31,38)(H,30,32,33)/b11-6+. The van der Waals surface area contributed by atoms with Gasteiger partial charge in [0.1, 0.15) is 6.67 Å². The van der Waals surface area contributed by atoms with Crippen molar-refractivity contribution in [3.8, 4) is 0 Å². The second-order valence-electron chi connectivity index (χ2n) is 8.73. The average molecular weight is 547 g/mol. The molecular weight excluding hydrogens is 523 g/mol. The Labute approximate surface area is 228 Å². The number of anilines is 5. The summed E-state index contributed by atoms with van der Waals surface area (Å²) in [5.41, 5.74) is 3.14. The summed E-state index contributed by atoms with van der Waals surface area (Å²) in [5.74, 6) is 0.143. The fourth-order valence-electron chi connectivity index (χ4n) is 4.15. The quantitative estimate of drug-likeness (QED) is 0.289. The zero-order valence-corrected chi connectivity index (χ0v) is 21.6. The first-order chi connectivity index (χ1) is 18.9. The van der Waals surface area contributed by atoms with Crippen molar-refractivity contribution in [2.24, 2.45) is 7.05 Å². The van der Waals surface area contributed by atoms with Crippen LogP contribution in [0.2, 0.25) is 5.15 Å². The molecule has 0 spiro atoms. The number of hydrogen-bond acceptors (Lipinski definition) is 6. The van der Waals surface area contributed by atoms with Crippen molar-refractivity contribution in [2.75, 3.05) is 22.2 Å². The summed E-state index contributed by atoms with van der Waals surface area (Å²) in [4.78, 5) is 38.3. The van der Waals surface area contributed by atoms with Crippen molar-refractivity contribution in [1.29, 1.82) is 0 Å². The third-order valence-electron chi connectivity index (χ3n) is 5.85. The van der Waals surface area contributed by atoms with E-state index in [2.05, 4.69) is 25.7 Å². The average Bonchev–Trinajstić information content (AvgIpc) is 3.24. The van der Waals surface area contributed by atoms with Crippen LogP contribution in [0.15, 0.2) is 79.1 Å². The molecule has 0 saturated carbocycles. The zero-order valence-electron chi connectivity index (χ0n) is 20.9. The Morgan fingerprint density at radius 3 is 2.74 bits per heavy atom. The molecule has 0 aliphatic carbocycles. The highest BCUT2D eigenvalue weighted by atomic mass is 35.5. The fraction of sp³-hybridized carbons (Fsp3) is 0.148. The lowest BCUT2D eigenvalue weighted by Crippen LogP contribution is -2.45. The van der Waals surface area contributed by atoms with E-state index in [1.807, 2.05) is 30.3 Å². The summed E-state index contributed by atoms with van der Waals surface area (Å²) in [6.45, 7) is -0.0621. The van der Waals surface area contributed by atoms with E-state index >= 15 is 0 Å². The predicted molar refractivity (Wildman–Crippen MR) is 147 cm³/mol. The van der Waals surface area contributed by atoms with E-state index in [1.165, 1.54) is 4.90 Å². The Kier molecular flexibility index (Phi) is 7.50. The van der Waals surface area contributed by atoms with Crippen LogP contribution in [-0.2, 0) is 24.9 Å². The molecule has 10 nitrogen and oxygen atoms in total. The van der Waals surface area contributed by atoms with Crippen LogP contribution in [0.3, 0.4) is 0 Å². The lowest BCUT2D eigenvalue weighted by Gasteiger charge is -2.36. The van der Waals surface area contributed by atoms with Crippen molar-refractivity contribution in [2.45, 2.75) is 13.1 Å². The largest absolute Gasteiger partial charge is 0.330 e. The number of rotatable bonds is 8. The molecule has 198 valence electrons. The molecule has 0 fully saturated rings. The smallest absolute Gasteiger partial charge is 0.322 e. The molecule has 4 aromatic rings. The number of alkyl halides is 1. The highest BCUT2D eigenvalue weighted by Gasteiger charge is 2.33. The van der Waals surface area contributed by atoms with Gasteiger partial charge >= 0.3 is 6.03 Å². The highest BCUT2D eigenvalue weighted by Crippen LogP contribution is 2.36. The van der Waals surface area contributed by atoms with E-state index in [9.17, 15) is 14.0 Å². The minimum absolute atomic E-state index is 0.235. The van der Waals surface area contributed by atoms with Gasteiger partial charge in [-0.25, -0.2) is 19.1 Å². The molecule has 2 aromatic heterocycles. The van der Waals surface area contributed by atoms with Gasteiger partial charge in [0.2, 0.25) is 11.9 Å². The number of halogens is 2. The first-order valence-corrected chi connectivity index (χ1v) is 12.4. The van der Waals surface area contributed by atoms with Crippen molar-refractivity contribution in [3.63, 3.8) is 0 Å². The van der Waals surface area contributed by atoms with E-state index in [0.29, 0.717) is 36.0 Å². The monoisotopic (exact) mass is 546 g/mol. The number of allylic oxidation sites excluding steroid dienone is 1.